The molecule has 0 saturated heterocycles. The number of carbonyl (C=O) groups is 1. The fourth-order valence-corrected chi connectivity index (χ4v) is 5.51. The van der Waals surface area contributed by atoms with Crippen LogP contribution in [0.5, 0.6) is 11.5 Å². The van der Waals surface area contributed by atoms with Gasteiger partial charge in [-0.15, -0.1) is 11.3 Å². The van der Waals surface area contributed by atoms with E-state index < -0.39 is 10.0 Å². The van der Waals surface area contributed by atoms with E-state index in [0.29, 0.717) is 48.4 Å². The van der Waals surface area contributed by atoms with Gasteiger partial charge in [-0.05, 0) is 53.3 Å². The molecule has 7 nitrogen and oxygen atoms in total. The predicted molar refractivity (Wildman–Crippen MR) is 117 cm³/mol. The first-order valence-corrected chi connectivity index (χ1v) is 12.2. The number of nitrogens with zero attached hydrogens (tertiary/aromatic N) is 1. The summed E-state index contributed by atoms with van der Waals surface area (Å²) < 4.78 is 39.4. The number of anilines is 1. The van der Waals surface area contributed by atoms with Crippen LogP contribution in [0.15, 0.2) is 58.8 Å². The van der Waals surface area contributed by atoms with Crippen LogP contribution in [0, 0.1) is 0 Å². The molecule has 0 radical (unpaired) electrons. The topological polar surface area (TPSA) is 84.9 Å². The van der Waals surface area contributed by atoms with Gasteiger partial charge in [-0.2, -0.15) is 0 Å². The van der Waals surface area contributed by atoms with Crippen molar-refractivity contribution >= 4 is 33.0 Å². The third-order valence-electron chi connectivity index (χ3n) is 5.31. The van der Waals surface area contributed by atoms with E-state index in [0.717, 1.165) is 17.5 Å². The smallest absolute Gasteiger partial charge is 0.264 e. The quantitative estimate of drug-likeness (QED) is 0.649. The van der Waals surface area contributed by atoms with E-state index in [4.69, 9.17) is 9.47 Å². The number of fused-ring (bicyclic) bond motifs is 2. The minimum Gasteiger partial charge on any atom is -0.486 e. The lowest BCUT2D eigenvalue weighted by molar-refractivity contribution is 0.0739. The molecular weight excluding hydrogens is 436 g/mol. The largest absolute Gasteiger partial charge is 0.486 e. The number of benzene rings is 2. The molecule has 9 heteroatoms. The van der Waals surface area contributed by atoms with Gasteiger partial charge in [0.1, 0.15) is 13.2 Å². The molecule has 0 saturated carbocycles. The van der Waals surface area contributed by atoms with Gasteiger partial charge in [0.2, 0.25) is 0 Å². The Morgan fingerprint density at radius 2 is 1.84 bits per heavy atom. The predicted octanol–water partition coefficient (Wildman–Crippen LogP) is 3.52. The van der Waals surface area contributed by atoms with Crippen LogP contribution in [0.2, 0.25) is 0 Å². The van der Waals surface area contributed by atoms with E-state index >= 15 is 0 Å². The summed E-state index contributed by atoms with van der Waals surface area (Å²) in [6, 6.07) is 13.7. The summed E-state index contributed by atoms with van der Waals surface area (Å²) in [4.78, 5) is 15.3. The minimum atomic E-state index is -3.80. The second-order valence-corrected chi connectivity index (χ2v) is 9.98. The van der Waals surface area contributed by atoms with Crippen LogP contribution in [0.1, 0.15) is 20.8 Å². The van der Waals surface area contributed by atoms with Crippen molar-refractivity contribution in [3.63, 3.8) is 0 Å². The molecule has 0 spiro atoms. The Morgan fingerprint density at radius 3 is 2.65 bits per heavy atom. The lowest BCUT2D eigenvalue weighted by Crippen LogP contribution is -2.35. The average Bonchev–Trinajstić information content (AvgIpc) is 3.32. The van der Waals surface area contributed by atoms with Crippen molar-refractivity contribution in [1.29, 1.82) is 0 Å². The Hall–Kier alpha value is -3.04. The molecule has 0 aliphatic carbocycles. The Bertz CT molecular complexity index is 1240. The van der Waals surface area contributed by atoms with Crippen LogP contribution < -0.4 is 14.2 Å². The van der Waals surface area contributed by atoms with Gasteiger partial charge in [0.05, 0.1) is 9.77 Å². The zero-order chi connectivity index (χ0) is 21.4. The molecule has 3 aromatic rings. The van der Waals surface area contributed by atoms with Crippen molar-refractivity contribution in [2.45, 2.75) is 17.9 Å². The normalized spacial score (nSPS) is 15.3. The SMILES string of the molecule is O=C(c1cccs1)N1CCc2ccc(NS(=O)(=O)c3ccc4c(c3)OCCO4)cc2C1. The molecule has 1 amide bonds. The van der Waals surface area contributed by atoms with Gasteiger partial charge >= 0.3 is 0 Å². The Labute approximate surface area is 184 Å². The summed E-state index contributed by atoms with van der Waals surface area (Å²) in [7, 11) is -3.80. The van der Waals surface area contributed by atoms with Crippen molar-refractivity contribution < 1.29 is 22.7 Å². The molecule has 5 rings (SSSR count). The van der Waals surface area contributed by atoms with Crippen molar-refractivity contribution in [2.75, 3.05) is 24.5 Å². The van der Waals surface area contributed by atoms with Crippen LogP contribution in [0.25, 0.3) is 0 Å². The highest BCUT2D eigenvalue weighted by Crippen LogP contribution is 2.33. The van der Waals surface area contributed by atoms with Gasteiger partial charge in [-0.25, -0.2) is 8.42 Å². The molecule has 2 aromatic carbocycles. The fourth-order valence-electron chi connectivity index (χ4n) is 3.75. The number of hydrogen-bond donors (Lipinski definition) is 1. The van der Waals surface area contributed by atoms with Gasteiger partial charge in [-0.1, -0.05) is 12.1 Å². The first-order chi connectivity index (χ1) is 15.0. The highest BCUT2D eigenvalue weighted by Gasteiger charge is 2.24. The molecule has 2 aliphatic rings. The third-order valence-corrected chi connectivity index (χ3v) is 7.55. The number of ether oxygens (including phenoxy) is 2. The molecule has 31 heavy (non-hydrogen) atoms. The van der Waals surface area contributed by atoms with Crippen LogP contribution in [-0.2, 0) is 23.0 Å². The molecule has 0 fully saturated rings. The highest BCUT2D eigenvalue weighted by molar-refractivity contribution is 7.92. The number of amides is 1. The van der Waals surface area contributed by atoms with E-state index in [1.54, 1.807) is 23.1 Å². The van der Waals surface area contributed by atoms with Gasteiger partial charge in [0, 0.05) is 24.8 Å². The van der Waals surface area contributed by atoms with Crippen LogP contribution in [-0.4, -0.2) is 39.0 Å². The summed E-state index contributed by atoms with van der Waals surface area (Å²) >= 11 is 1.42. The Morgan fingerprint density at radius 1 is 1.00 bits per heavy atom. The number of carbonyl (C=O) groups excluding carboxylic acids is 1. The van der Waals surface area contributed by atoms with Crippen LogP contribution >= 0.6 is 11.3 Å². The Balaban J connectivity index is 1.36. The molecule has 2 aliphatic heterocycles. The second-order valence-electron chi connectivity index (χ2n) is 7.35. The zero-order valence-electron chi connectivity index (χ0n) is 16.5. The number of hydrogen-bond acceptors (Lipinski definition) is 6. The van der Waals surface area contributed by atoms with E-state index in [1.807, 2.05) is 23.6 Å². The zero-order valence-corrected chi connectivity index (χ0v) is 18.2. The standard InChI is InChI=1S/C22H20N2O5S2/c25-22(21-2-1-11-30-21)24-8-7-15-3-4-17(12-16(15)14-24)23-31(26,27)18-5-6-19-20(13-18)29-10-9-28-19/h1-6,11-13,23H,7-10,14H2. The van der Waals surface area contributed by atoms with Crippen molar-refractivity contribution in [2.24, 2.45) is 0 Å². The third kappa shape index (κ3) is 3.98. The maximum Gasteiger partial charge on any atom is 0.264 e. The van der Waals surface area contributed by atoms with E-state index in [-0.39, 0.29) is 10.8 Å². The van der Waals surface area contributed by atoms with Gasteiger partial charge in [-0.3, -0.25) is 9.52 Å². The first-order valence-electron chi connectivity index (χ1n) is 9.87. The lowest BCUT2D eigenvalue weighted by Gasteiger charge is -2.29. The van der Waals surface area contributed by atoms with E-state index in [1.165, 1.54) is 23.5 Å². The van der Waals surface area contributed by atoms with Crippen molar-refractivity contribution in [3.8, 4) is 11.5 Å². The monoisotopic (exact) mass is 456 g/mol. The summed E-state index contributed by atoms with van der Waals surface area (Å²) in [5.74, 6) is 0.958. The number of rotatable bonds is 4. The van der Waals surface area contributed by atoms with Crippen molar-refractivity contribution in [1.82, 2.24) is 4.90 Å². The highest BCUT2D eigenvalue weighted by atomic mass is 32.2. The molecule has 3 heterocycles. The molecule has 1 aromatic heterocycles. The summed E-state index contributed by atoms with van der Waals surface area (Å²) in [6.45, 7) is 1.92. The lowest BCUT2D eigenvalue weighted by atomic mass is 9.99. The summed E-state index contributed by atoms with van der Waals surface area (Å²) in [5.41, 5.74) is 2.52. The first kappa shape index (κ1) is 19.9. The number of thiophene rings is 1. The van der Waals surface area contributed by atoms with Gasteiger partial charge in [0.15, 0.2) is 11.5 Å². The fraction of sp³-hybridized carbons (Fsp3) is 0.227. The second kappa shape index (κ2) is 7.90. The molecular formula is C22H20N2O5S2. The van der Waals surface area contributed by atoms with Gasteiger partial charge < -0.3 is 14.4 Å². The Kier molecular flexibility index (Phi) is 5.07. The van der Waals surface area contributed by atoms with E-state index in [9.17, 15) is 13.2 Å². The molecule has 1 N–H and O–H groups in total. The van der Waals surface area contributed by atoms with Crippen LogP contribution in [0.3, 0.4) is 0 Å². The van der Waals surface area contributed by atoms with Crippen LogP contribution in [0.4, 0.5) is 5.69 Å². The molecule has 0 unspecified atom stereocenters. The molecule has 160 valence electrons. The van der Waals surface area contributed by atoms with Gasteiger partial charge in [0.25, 0.3) is 15.9 Å². The average molecular weight is 457 g/mol. The molecule has 0 bridgehead atoms. The van der Waals surface area contributed by atoms with Crippen molar-refractivity contribution in [3.05, 3.63) is 69.9 Å². The maximum atomic E-state index is 12.9. The number of nitrogens with one attached hydrogen (secondary N) is 1. The molecule has 0 atom stereocenters. The minimum absolute atomic E-state index is 0.00270. The van der Waals surface area contributed by atoms with E-state index in [2.05, 4.69) is 4.72 Å². The number of sulfonamides is 1. The summed E-state index contributed by atoms with van der Waals surface area (Å²) in [6.07, 6.45) is 0.738. The maximum absolute atomic E-state index is 12.9. The summed E-state index contributed by atoms with van der Waals surface area (Å²) in [5, 5.41) is 1.88.